The van der Waals surface area contributed by atoms with Crippen LogP contribution in [0.2, 0.25) is 0 Å². The van der Waals surface area contributed by atoms with Gasteiger partial charge >= 0.3 is 0 Å². The van der Waals surface area contributed by atoms with E-state index in [9.17, 15) is 0 Å². The van der Waals surface area contributed by atoms with E-state index in [-0.39, 0.29) is 0 Å². The molecule has 1 heterocycles. The molecule has 4 rings (SSSR count). The molecule has 1 saturated heterocycles. The van der Waals surface area contributed by atoms with Crippen LogP contribution < -0.4 is 10.1 Å². The standard InChI is InChI=1S/C30H38N2O/c1-22(2)27-15-14-24(19-30(27)33-4)20-32-17-16-31-29(21-32)28-13-9-8-12-26(28)18-23(3)25-10-6-5-7-11-25/h5-15,19,22-23,29,31H,16-18,20-21H2,1-4H3/t23?,29-/m0/s1. The highest BCUT2D eigenvalue weighted by Gasteiger charge is 2.23. The Bertz CT molecular complexity index is 1030. The van der Waals surface area contributed by atoms with Gasteiger partial charge in [-0.25, -0.2) is 0 Å². The molecule has 0 aliphatic carbocycles. The first-order valence-electron chi connectivity index (χ1n) is 12.3. The van der Waals surface area contributed by atoms with E-state index in [1.165, 1.54) is 27.8 Å². The van der Waals surface area contributed by atoms with Gasteiger partial charge in [-0.3, -0.25) is 4.90 Å². The predicted octanol–water partition coefficient (Wildman–Crippen LogP) is 6.31. The minimum absolute atomic E-state index is 0.356. The molecule has 0 spiro atoms. The third-order valence-electron chi connectivity index (χ3n) is 6.91. The highest BCUT2D eigenvalue weighted by molar-refractivity contribution is 5.39. The van der Waals surface area contributed by atoms with Crippen molar-refractivity contribution in [2.45, 2.75) is 51.6 Å². The van der Waals surface area contributed by atoms with Crippen molar-refractivity contribution in [3.05, 3.63) is 101 Å². The summed E-state index contributed by atoms with van der Waals surface area (Å²) in [6.45, 7) is 10.8. The van der Waals surface area contributed by atoms with Gasteiger partial charge < -0.3 is 10.1 Å². The molecule has 174 valence electrons. The van der Waals surface area contributed by atoms with Crippen LogP contribution in [0.1, 0.15) is 66.5 Å². The van der Waals surface area contributed by atoms with Crippen LogP contribution in [-0.2, 0) is 13.0 Å². The fourth-order valence-electron chi connectivity index (χ4n) is 5.04. The summed E-state index contributed by atoms with van der Waals surface area (Å²) in [5.74, 6) is 1.97. The average molecular weight is 443 g/mol. The first-order valence-corrected chi connectivity index (χ1v) is 12.3. The molecule has 33 heavy (non-hydrogen) atoms. The number of ether oxygens (including phenoxy) is 1. The van der Waals surface area contributed by atoms with Gasteiger partial charge in [-0.05, 0) is 52.1 Å². The molecule has 3 aromatic carbocycles. The number of hydrogen-bond acceptors (Lipinski definition) is 3. The highest BCUT2D eigenvalue weighted by atomic mass is 16.5. The van der Waals surface area contributed by atoms with Gasteiger partial charge in [0.1, 0.15) is 5.75 Å². The topological polar surface area (TPSA) is 24.5 Å². The molecule has 2 atom stereocenters. The maximum atomic E-state index is 5.69. The van der Waals surface area contributed by atoms with Crippen molar-refractivity contribution in [1.82, 2.24) is 10.2 Å². The Hall–Kier alpha value is -2.62. The van der Waals surface area contributed by atoms with Crippen LogP contribution in [0.25, 0.3) is 0 Å². The number of hydrogen-bond donors (Lipinski definition) is 1. The van der Waals surface area contributed by atoms with Crippen molar-refractivity contribution in [2.24, 2.45) is 0 Å². The van der Waals surface area contributed by atoms with Gasteiger partial charge in [-0.1, -0.05) is 87.5 Å². The van der Waals surface area contributed by atoms with E-state index < -0.39 is 0 Å². The lowest BCUT2D eigenvalue weighted by atomic mass is 9.89. The fraction of sp³-hybridized carbons (Fsp3) is 0.400. The molecule has 1 aliphatic heterocycles. The van der Waals surface area contributed by atoms with Crippen molar-refractivity contribution in [1.29, 1.82) is 0 Å². The first kappa shape index (κ1) is 23.5. The first-order chi connectivity index (χ1) is 16.0. The van der Waals surface area contributed by atoms with Gasteiger partial charge in [0, 0.05) is 32.2 Å². The number of rotatable bonds is 8. The molecule has 0 bridgehead atoms. The van der Waals surface area contributed by atoms with Gasteiger partial charge in [0.25, 0.3) is 0 Å². The van der Waals surface area contributed by atoms with E-state index in [2.05, 4.69) is 104 Å². The van der Waals surface area contributed by atoms with Crippen LogP contribution in [0.4, 0.5) is 0 Å². The molecule has 1 unspecified atom stereocenters. The number of benzene rings is 3. The minimum Gasteiger partial charge on any atom is -0.496 e. The van der Waals surface area contributed by atoms with E-state index >= 15 is 0 Å². The molecule has 0 radical (unpaired) electrons. The predicted molar refractivity (Wildman–Crippen MR) is 138 cm³/mol. The molecule has 3 aromatic rings. The van der Waals surface area contributed by atoms with Crippen molar-refractivity contribution >= 4 is 0 Å². The summed E-state index contributed by atoms with van der Waals surface area (Å²) in [5, 5.41) is 3.78. The molecular weight excluding hydrogens is 404 g/mol. The Kier molecular flexibility index (Phi) is 7.85. The van der Waals surface area contributed by atoms with E-state index in [1.54, 1.807) is 7.11 Å². The van der Waals surface area contributed by atoms with Gasteiger partial charge in [0.15, 0.2) is 0 Å². The molecule has 0 amide bonds. The molecule has 0 aromatic heterocycles. The van der Waals surface area contributed by atoms with Crippen molar-refractivity contribution in [3.63, 3.8) is 0 Å². The number of nitrogens with zero attached hydrogens (tertiary/aromatic N) is 1. The number of methoxy groups -OCH3 is 1. The van der Waals surface area contributed by atoms with E-state index in [1.807, 2.05) is 0 Å². The lowest BCUT2D eigenvalue weighted by molar-refractivity contribution is 0.192. The second-order valence-corrected chi connectivity index (χ2v) is 9.69. The van der Waals surface area contributed by atoms with Crippen molar-refractivity contribution < 1.29 is 4.74 Å². The monoisotopic (exact) mass is 442 g/mol. The van der Waals surface area contributed by atoms with Crippen LogP contribution in [0.3, 0.4) is 0 Å². The lowest BCUT2D eigenvalue weighted by Gasteiger charge is -2.35. The average Bonchev–Trinajstić information content (AvgIpc) is 2.85. The fourth-order valence-corrected chi connectivity index (χ4v) is 5.04. The quantitative estimate of drug-likeness (QED) is 0.442. The molecule has 3 nitrogen and oxygen atoms in total. The summed E-state index contributed by atoms with van der Waals surface area (Å²) < 4.78 is 5.69. The zero-order chi connectivity index (χ0) is 23.2. The summed E-state index contributed by atoms with van der Waals surface area (Å²) in [6.07, 6.45) is 1.06. The third kappa shape index (κ3) is 5.85. The maximum Gasteiger partial charge on any atom is 0.122 e. The normalized spacial score (nSPS) is 17.8. The largest absolute Gasteiger partial charge is 0.496 e. The molecule has 0 saturated carbocycles. The molecule has 1 fully saturated rings. The Labute approximate surface area is 199 Å². The van der Waals surface area contributed by atoms with Crippen molar-refractivity contribution in [2.75, 3.05) is 26.7 Å². The van der Waals surface area contributed by atoms with Crippen molar-refractivity contribution in [3.8, 4) is 5.75 Å². The van der Waals surface area contributed by atoms with Gasteiger partial charge in [-0.15, -0.1) is 0 Å². The van der Waals surface area contributed by atoms with E-state index in [0.717, 1.165) is 38.3 Å². The SMILES string of the molecule is COc1cc(CN2CCN[C@H](c3ccccc3CC(C)c3ccccc3)C2)ccc1C(C)C. The Morgan fingerprint density at radius 3 is 2.48 bits per heavy atom. The second kappa shape index (κ2) is 11.0. The Morgan fingerprint density at radius 2 is 1.73 bits per heavy atom. The Morgan fingerprint density at radius 1 is 0.970 bits per heavy atom. The van der Waals surface area contributed by atoms with Crippen LogP contribution in [0.15, 0.2) is 72.8 Å². The second-order valence-electron chi connectivity index (χ2n) is 9.69. The zero-order valence-electron chi connectivity index (χ0n) is 20.6. The van der Waals surface area contributed by atoms with Gasteiger partial charge in [0.2, 0.25) is 0 Å². The maximum absolute atomic E-state index is 5.69. The van der Waals surface area contributed by atoms with Gasteiger partial charge in [-0.2, -0.15) is 0 Å². The summed E-state index contributed by atoms with van der Waals surface area (Å²) in [5.41, 5.74) is 6.90. The van der Waals surface area contributed by atoms with E-state index in [4.69, 9.17) is 4.74 Å². The molecular formula is C30H38N2O. The smallest absolute Gasteiger partial charge is 0.122 e. The van der Waals surface area contributed by atoms with Crippen LogP contribution >= 0.6 is 0 Å². The summed E-state index contributed by atoms with van der Waals surface area (Å²) in [6, 6.07) is 26.9. The Balaban J connectivity index is 1.47. The number of piperazine rings is 1. The van der Waals surface area contributed by atoms with Crippen LogP contribution in [0, 0.1) is 0 Å². The molecule has 1 aliphatic rings. The number of nitrogens with one attached hydrogen (secondary N) is 1. The summed E-state index contributed by atoms with van der Waals surface area (Å²) in [7, 11) is 1.78. The summed E-state index contributed by atoms with van der Waals surface area (Å²) in [4.78, 5) is 2.57. The molecule has 1 N–H and O–H groups in total. The molecule has 3 heteroatoms. The van der Waals surface area contributed by atoms with E-state index in [0.29, 0.717) is 17.9 Å². The lowest BCUT2D eigenvalue weighted by Crippen LogP contribution is -2.45. The van der Waals surface area contributed by atoms with Crippen LogP contribution in [-0.4, -0.2) is 31.6 Å². The third-order valence-corrected chi connectivity index (χ3v) is 6.91. The zero-order valence-corrected chi connectivity index (χ0v) is 20.6. The summed E-state index contributed by atoms with van der Waals surface area (Å²) >= 11 is 0. The van der Waals surface area contributed by atoms with Crippen LogP contribution in [0.5, 0.6) is 5.75 Å². The highest BCUT2D eigenvalue weighted by Crippen LogP contribution is 2.30. The minimum atomic E-state index is 0.356. The van der Waals surface area contributed by atoms with Gasteiger partial charge in [0.05, 0.1) is 7.11 Å².